The van der Waals surface area contributed by atoms with E-state index in [9.17, 15) is 8.42 Å². The SMILES string of the molecule is CCCNC(CS(C)(=O)=O)C1CC2CCC1C2. The van der Waals surface area contributed by atoms with Gasteiger partial charge in [0.2, 0.25) is 0 Å². The molecule has 2 saturated carbocycles. The van der Waals surface area contributed by atoms with Crippen LogP contribution in [0.2, 0.25) is 0 Å². The third-order valence-electron chi connectivity index (χ3n) is 4.45. The van der Waals surface area contributed by atoms with E-state index in [1.165, 1.54) is 31.9 Å². The van der Waals surface area contributed by atoms with Crippen LogP contribution < -0.4 is 5.32 Å². The number of hydrogen-bond donors (Lipinski definition) is 1. The van der Waals surface area contributed by atoms with Gasteiger partial charge in [0.1, 0.15) is 9.84 Å². The molecule has 0 amide bonds. The number of nitrogens with one attached hydrogen (secondary N) is 1. The van der Waals surface area contributed by atoms with Gasteiger partial charge in [-0.1, -0.05) is 13.3 Å². The molecule has 0 heterocycles. The topological polar surface area (TPSA) is 46.2 Å². The van der Waals surface area contributed by atoms with E-state index in [4.69, 9.17) is 0 Å². The van der Waals surface area contributed by atoms with E-state index in [1.54, 1.807) is 0 Å². The molecule has 0 saturated heterocycles. The van der Waals surface area contributed by atoms with Gasteiger partial charge in [0.25, 0.3) is 0 Å². The standard InChI is InChI=1S/C13H25NO2S/c1-3-6-14-13(9-17(2,15)16)12-8-10-4-5-11(12)7-10/h10-14H,3-9H2,1-2H3. The molecule has 2 aliphatic rings. The second-order valence-electron chi connectivity index (χ2n) is 5.99. The average molecular weight is 259 g/mol. The van der Waals surface area contributed by atoms with E-state index in [0.29, 0.717) is 11.7 Å². The molecule has 2 aliphatic carbocycles. The van der Waals surface area contributed by atoms with Crippen molar-refractivity contribution in [2.45, 2.75) is 45.1 Å². The molecule has 1 N–H and O–H groups in total. The van der Waals surface area contributed by atoms with Gasteiger partial charge in [0, 0.05) is 12.3 Å². The Kier molecular flexibility index (Phi) is 4.14. The Balaban J connectivity index is 1.99. The predicted molar refractivity (Wildman–Crippen MR) is 70.7 cm³/mol. The summed E-state index contributed by atoms with van der Waals surface area (Å²) in [6, 6.07) is 0.195. The van der Waals surface area contributed by atoms with Gasteiger partial charge in [0.15, 0.2) is 0 Å². The van der Waals surface area contributed by atoms with Crippen LogP contribution in [0.3, 0.4) is 0 Å². The highest BCUT2D eigenvalue weighted by atomic mass is 32.2. The molecular formula is C13H25NO2S. The summed E-state index contributed by atoms with van der Waals surface area (Å²) in [6.07, 6.45) is 7.73. The lowest BCUT2D eigenvalue weighted by Gasteiger charge is -2.30. The van der Waals surface area contributed by atoms with Crippen molar-refractivity contribution in [2.24, 2.45) is 17.8 Å². The summed E-state index contributed by atoms with van der Waals surface area (Å²) in [4.78, 5) is 0. The van der Waals surface area contributed by atoms with Gasteiger partial charge >= 0.3 is 0 Å². The van der Waals surface area contributed by atoms with E-state index in [-0.39, 0.29) is 6.04 Å². The quantitative estimate of drug-likeness (QED) is 0.791. The molecule has 100 valence electrons. The maximum atomic E-state index is 11.5. The van der Waals surface area contributed by atoms with Crippen molar-refractivity contribution in [1.29, 1.82) is 0 Å². The summed E-state index contributed by atoms with van der Waals surface area (Å²) in [5.74, 6) is 2.60. The van der Waals surface area contributed by atoms with Crippen LogP contribution in [-0.4, -0.2) is 33.0 Å². The summed E-state index contributed by atoms with van der Waals surface area (Å²) in [5.41, 5.74) is 0. The molecule has 2 fully saturated rings. The normalized spacial score (nSPS) is 34.1. The summed E-state index contributed by atoms with van der Waals surface area (Å²) >= 11 is 0. The van der Waals surface area contributed by atoms with Crippen LogP contribution in [0.4, 0.5) is 0 Å². The van der Waals surface area contributed by atoms with Gasteiger partial charge in [-0.3, -0.25) is 0 Å². The molecule has 2 bridgehead atoms. The number of fused-ring (bicyclic) bond motifs is 2. The van der Waals surface area contributed by atoms with Crippen LogP contribution in [-0.2, 0) is 9.84 Å². The first-order valence-corrected chi connectivity index (χ1v) is 8.96. The Morgan fingerprint density at radius 3 is 2.53 bits per heavy atom. The highest BCUT2D eigenvalue weighted by molar-refractivity contribution is 7.90. The fourth-order valence-electron chi connectivity index (χ4n) is 3.78. The molecule has 17 heavy (non-hydrogen) atoms. The first kappa shape index (κ1) is 13.3. The van der Waals surface area contributed by atoms with E-state index >= 15 is 0 Å². The van der Waals surface area contributed by atoms with Crippen LogP contribution >= 0.6 is 0 Å². The summed E-state index contributed by atoms with van der Waals surface area (Å²) in [7, 11) is -2.87. The second kappa shape index (κ2) is 5.27. The lowest BCUT2D eigenvalue weighted by Crippen LogP contribution is -2.43. The fraction of sp³-hybridized carbons (Fsp3) is 1.00. The van der Waals surface area contributed by atoms with Crippen molar-refractivity contribution in [3.63, 3.8) is 0 Å². The Labute approximate surface area is 105 Å². The van der Waals surface area contributed by atoms with Crippen molar-refractivity contribution in [2.75, 3.05) is 18.6 Å². The Bertz CT molecular complexity index is 352. The molecule has 4 atom stereocenters. The lowest BCUT2D eigenvalue weighted by atomic mass is 9.84. The first-order valence-electron chi connectivity index (χ1n) is 6.90. The molecule has 0 aromatic rings. The summed E-state index contributed by atoms with van der Waals surface area (Å²) in [5, 5.41) is 3.47. The van der Waals surface area contributed by atoms with Crippen molar-refractivity contribution < 1.29 is 8.42 Å². The molecule has 0 aromatic heterocycles. The van der Waals surface area contributed by atoms with E-state index in [2.05, 4.69) is 12.2 Å². The van der Waals surface area contributed by atoms with Crippen molar-refractivity contribution >= 4 is 9.84 Å². The average Bonchev–Trinajstić information content (AvgIpc) is 2.84. The zero-order chi connectivity index (χ0) is 12.5. The highest BCUT2D eigenvalue weighted by Gasteiger charge is 2.43. The molecular weight excluding hydrogens is 234 g/mol. The molecule has 0 radical (unpaired) electrons. The van der Waals surface area contributed by atoms with E-state index in [0.717, 1.165) is 24.8 Å². The third kappa shape index (κ3) is 3.44. The summed E-state index contributed by atoms with van der Waals surface area (Å²) in [6.45, 7) is 3.07. The maximum absolute atomic E-state index is 11.5. The fourth-order valence-corrected chi connectivity index (χ4v) is 4.79. The highest BCUT2D eigenvalue weighted by Crippen LogP contribution is 2.49. The van der Waals surface area contributed by atoms with Crippen molar-refractivity contribution in [1.82, 2.24) is 5.32 Å². The zero-order valence-electron chi connectivity index (χ0n) is 11.0. The third-order valence-corrected chi connectivity index (χ3v) is 5.41. The molecule has 0 spiro atoms. The molecule has 0 aliphatic heterocycles. The monoisotopic (exact) mass is 259 g/mol. The molecule has 4 heteroatoms. The van der Waals surface area contributed by atoms with E-state index < -0.39 is 9.84 Å². The van der Waals surface area contributed by atoms with Gasteiger partial charge in [0.05, 0.1) is 5.75 Å². The Hall–Kier alpha value is -0.0900. The predicted octanol–water partition coefficient (Wildman–Crippen LogP) is 1.84. The second-order valence-corrected chi connectivity index (χ2v) is 8.18. The lowest BCUT2D eigenvalue weighted by molar-refractivity contribution is 0.262. The number of hydrogen-bond acceptors (Lipinski definition) is 3. The minimum atomic E-state index is -2.87. The van der Waals surface area contributed by atoms with Crippen molar-refractivity contribution in [3.05, 3.63) is 0 Å². The van der Waals surface area contributed by atoms with Gasteiger partial charge in [-0.15, -0.1) is 0 Å². The minimum absolute atomic E-state index is 0.195. The Morgan fingerprint density at radius 1 is 1.29 bits per heavy atom. The van der Waals surface area contributed by atoms with Gasteiger partial charge in [-0.2, -0.15) is 0 Å². The molecule has 2 rings (SSSR count). The van der Waals surface area contributed by atoms with Crippen LogP contribution in [0.25, 0.3) is 0 Å². The van der Waals surface area contributed by atoms with Gasteiger partial charge in [-0.05, 0) is 50.0 Å². The summed E-state index contributed by atoms with van der Waals surface area (Å²) < 4.78 is 23.1. The van der Waals surface area contributed by atoms with Gasteiger partial charge in [-0.25, -0.2) is 8.42 Å². The Morgan fingerprint density at radius 2 is 2.06 bits per heavy atom. The van der Waals surface area contributed by atoms with Crippen LogP contribution in [0.5, 0.6) is 0 Å². The van der Waals surface area contributed by atoms with Crippen molar-refractivity contribution in [3.8, 4) is 0 Å². The largest absolute Gasteiger partial charge is 0.313 e. The van der Waals surface area contributed by atoms with E-state index in [1.807, 2.05) is 0 Å². The molecule has 4 unspecified atom stereocenters. The van der Waals surface area contributed by atoms with Crippen LogP contribution in [0, 0.1) is 17.8 Å². The van der Waals surface area contributed by atoms with Gasteiger partial charge < -0.3 is 5.32 Å². The first-order chi connectivity index (χ1) is 7.99. The maximum Gasteiger partial charge on any atom is 0.148 e. The van der Waals surface area contributed by atoms with Crippen LogP contribution in [0.1, 0.15) is 39.0 Å². The minimum Gasteiger partial charge on any atom is -0.313 e. The smallest absolute Gasteiger partial charge is 0.148 e. The number of sulfone groups is 1. The zero-order valence-corrected chi connectivity index (χ0v) is 11.8. The molecule has 3 nitrogen and oxygen atoms in total. The molecule has 0 aromatic carbocycles. The van der Waals surface area contributed by atoms with Crippen LogP contribution in [0.15, 0.2) is 0 Å². The number of rotatable bonds is 6.